The summed E-state index contributed by atoms with van der Waals surface area (Å²) in [6.07, 6.45) is 1.59. The number of rotatable bonds is 4. The fraction of sp³-hybridized carbons (Fsp3) is 0.533. The Kier molecular flexibility index (Phi) is 5.55. The Labute approximate surface area is 129 Å². The standard InChI is InChI=1S/C15H19Cl2NO2/c1-11(20-14-6-2-5-13(17)8-14)15(19)18-7-3-4-12(9-16)10-18/h2,5-6,8,11-12H,3-4,7,9-10H2,1H3. The normalized spacial score (nSPS) is 20.6. The van der Waals surface area contributed by atoms with Crippen molar-refractivity contribution in [2.75, 3.05) is 19.0 Å². The van der Waals surface area contributed by atoms with Crippen LogP contribution in [0.5, 0.6) is 5.75 Å². The molecule has 0 spiro atoms. The summed E-state index contributed by atoms with van der Waals surface area (Å²) < 4.78 is 5.67. The molecule has 2 atom stereocenters. The Balaban J connectivity index is 1.94. The number of carbonyl (C=O) groups is 1. The number of benzene rings is 1. The van der Waals surface area contributed by atoms with Crippen LogP contribution in [0.4, 0.5) is 0 Å². The zero-order valence-corrected chi connectivity index (χ0v) is 13.0. The Morgan fingerprint density at radius 2 is 2.35 bits per heavy atom. The predicted molar refractivity (Wildman–Crippen MR) is 81.6 cm³/mol. The van der Waals surface area contributed by atoms with Gasteiger partial charge < -0.3 is 9.64 Å². The van der Waals surface area contributed by atoms with Crippen molar-refractivity contribution in [3.8, 4) is 5.75 Å². The van der Waals surface area contributed by atoms with Gasteiger partial charge in [-0.05, 0) is 43.9 Å². The van der Waals surface area contributed by atoms with Crippen LogP contribution in [0.15, 0.2) is 24.3 Å². The van der Waals surface area contributed by atoms with E-state index in [1.807, 2.05) is 4.90 Å². The fourth-order valence-corrected chi connectivity index (χ4v) is 2.88. The average molecular weight is 316 g/mol. The third-order valence-electron chi connectivity index (χ3n) is 3.51. The van der Waals surface area contributed by atoms with Crippen LogP contribution in [-0.2, 0) is 4.79 Å². The lowest BCUT2D eigenvalue weighted by molar-refractivity contribution is -0.139. The molecule has 1 aromatic carbocycles. The number of ether oxygens (including phenoxy) is 1. The molecule has 1 aliphatic rings. The summed E-state index contributed by atoms with van der Waals surface area (Å²) in [6.45, 7) is 3.29. The van der Waals surface area contributed by atoms with Crippen molar-refractivity contribution >= 4 is 29.1 Å². The highest BCUT2D eigenvalue weighted by molar-refractivity contribution is 6.30. The second-order valence-corrected chi connectivity index (χ2v) is 5.91. The van der Waals surface area contributed by atoms with E-state index < -0.39 is 6.10 Å². The third-order valence-corrected chi connectivity index (χ3v) is 4.18. The average Bonchev–Trinajstić information content (AvgIpc) is 2.46. The van der Waals surface area contributed by atoms with Gasteiger partial charge in [-0.25, -0.2) is 0 Å². The summed E-state index contributed by atoms with van der Waals surface area (Å²) in [6, 6.07) is 7.09. The molecule has 1 aromatic rings. The van der Waals surface area contributed by atoms with Crippen molar-refractivity contribution in [2.45, 2.75) is 25.9 Å². The number of carbonyl (C=O) groups excluding carboxylic acids is 1. The van der Waals surface area contributed by atoms with Gasteiger partial charge in [-0.3, -0.25) is 4.79 Å². The molecule has 0 aromatic heterocycles. The van der Waals surface area contributed by atoms with E-state index in [2.05, 4.69) is 0 Å². The maximum Gasteiger partial charge on any atom is 0.263 e. The Morgan fingerprint density at radius 3 is 3.05 bits per heavy atom. The van der Waals surface area contributed by atoms with E-state index >= 15 is 0 Å². The highest BCUT2D eigenvalue weighted by Crippen LogP contribution is 2.21. The lowest BCUT2D eigenvalue weighted by Gasteiger charge is -2.33. The largest absolute Gasteiger partial charge is 0.481 e. The maximum absolute atomic E-state index is 12.4. The summed E-state index contributed by atoms with van der Waals surface area (Å²) in [7, 11) is 0. The number of amides is 1. The zero-order valence-electron chi connectivity index (χ0n) is 11.5. The van der Waals surface area contributed by atoms with Gasteiger partial charge in [0.25, 0.3) is 5.91 Å². The molecular formula is C15H19Cl2NO2. The van der Waals surface area contributed by atoms with Crippen LogP contribution in [0.3, 0.4) is 0 Å². The van der Waals surface area contributed by atoms with Gasteiger partial charge in [0.1, 0.15) is 5.75 Å². The molecule has 0 radical (unpaired) electrons. The second-order valence-electron chi connectivity index (χ2n) is 5.16. The SMILES string of the molecule is CC(Oc1cccc(Cl)c1)C(=O)N1CCCC(CCl)C1. The van der Waals surface area contributed by atoms with Crippen LogP contribution < -0.4 is 4.74 Å². The van der Waals surface area contributed by atoms with Gasteiger partial charge in [0, 0.05) is 24.0 Å². The molecule has 1 saturated heterocycles. The summed E-state index contributed by atoms with van der Waals surface area (Å²) in [4.78, 5) is 14.2. The number of halogens is 2. The minimum atomic E-state index is -0.512. The third kappa shape index (κ3) is 4.03. The minimum Gasteiger partial charge on any atom is -0.481 e. The fourth-order valence-electron chi connectivity index (χ4n) is 2.44. The summed E-state index contributed by atoms with van der Waals surface area (Å²) >= 11 is 11.8. The van der Waals surface area contributed by atoms with E-state index in [-0.39, 0.29) is 5.91 Å². The van der Waals surface area contributed by atoms with Crippen LogP contribution in [0.1, 0.15) is 19.8 Å². The number of hydrogen-bond donors (Lipinski definition) is 0. The van der Waals surface area contributed by atoms with Crippen LogP contribution in [-0.4, -0.2) is 35.9 Å². The lowest BCUT2D eigenvalue weighted by atomic mass is 10.00. The van der Waals surface area contributed by atoms with E-state index in [4.69, 9.17) is 27.9 Å². The number of likely N-dealkylation sites (tertiary alicyclic amines) is 1. The van der Waals surface area contributed by atoms with E-state index in [1.54, 1.807) is 31.2 Å². The van der Waals surface area contributed by atoms with E-state index in [9.17, 15) is 4.79 Å². The molecule has 5 heteroatoms. The molecule has 0 bridgehead atoms. The molecule has 2 rings (SSSR count). The highest BCUT2D eigenvalue weighted by atomic mass is 35.5. The lowest BCUT2D eigenvalue weighted by Crippen LogP contribution is -2.46. The number of nitrogens with zero attached hydrogens (tertiary/aromatic N) is 1. The van der Waals surface area contributed by atoms with Crippen LogP contribution in [0.25, 0.3) is 0 Å². The van der Waals surface area contributed by atoms with Gasteiger partial charge in [0.15, 0.2) is 6.10 Å². The summed E-state index contributed by atoms with van der Waals surface area (Å²) in [5.74, 6) is 1.63. The Morgan fingerprint density at radius 1 is 1.55 bits per heavy atom. The highest BCUT2D eigenvalue weighted by Gasteiger charge is 2.27. The molecule has 1 heterocycles. The molecule has 0 aliphatic carbocycles. The van der Waals surface area contributed by atoms with Gasteiger partial charge >= 0.3 is 0 Å². The molecular weight excluding hydrogens is 297 g/mol. The molecule has 110 valence electrons. The Hall–Kier alpha value is -0.930. The van der Waals surface area contributed by atoms with Crippen molar-refractivity contribution in [1.29, 1.82) is 0 Å². The summed E-state index contributed by atoms with van der Waals surface area (Å²) in [5.41, 5.74) is 0. The molecule has 1 amide bonds. The van der Waals surface area contributed by atoms with Crippen LogP contribution in [0, 0.1) is 5.92 Å². The maximum atomic E-state index is 12.4. The van der Waals surface area contributed by atoms with E-state index in [0.717, 1.165) is 25.9 Å². The molecule has 1 aliphatic heterocycles. The van der Waals surface area contributed by atoms with E-state index in [0.29, 0.717) is 22.6 Å². The number of alkyl halides is 1. The van der Waals surface area contributed by atoms with E-state index in [1.165, 1.54) is 0 Å². The van der Waals surface area contributed by atoms with Gasteiger partial charge in [-0.15, -0.1) is 11.6 Å². The molecule has 3 nitrogen and oxygen atoms in total. The number of hydrogen-bond acceptors (Lipinski definition) is 2. The first-order chi connectivity index (χ1) is 9.60. The quantitative estimate of drug-likeness (QED) is 0.795. The molecule has 1 fully saturated rings. The molecule has 2 unspecified atom stereocenters. The second kappa shape index (κ2) is 7.19. The summed E-state index contributed by atoms with van der Waals surface area (Å²) in [5, 5.41) is 0.599. The van der Waals surface area contributed by atoms with Crippen molar-refractivity contribution in [3.05, 3.63) is 29.3 Å². The van der Waals surface area contributed by atoms with Crippen LogP contribution >= 0.6 is 23.2 Å². The van der Waals surface area contributed by atoms with Crippen molar-refractivity contribution in [2.24, 2.45) is 5.92 Å². The van der Waals surface area contributed by atoms with Gasteiger partial charge in [0.05, 0.1) is 0 Å². The Bertz CT molecular complexity index is 467. The molecule has 0 N–H and O–H groups in total. The van der Waals surface area contributed by atoms with Gasteiger partial charge in [-0.2, -0.15) is 0 Å². The molecule has 0 saturated carbocycles. The predicted octanol–water partition coefficient (Wildman–Crippen LogP) is 3.58. The topological polar surface area (TPSA) is 29.5 Å². The van der Waals surface area contributed by atoms with Gasteiger partial charge in [-0.1, -0.05) is 17.7 Å². The first kappa shape index (κ1) is 15.5. The van der Waals surface area contributed by atoms with Crippen molar-refractivity contribution in [1.82, 2.24) is 4.90 Å². The minimum absolute atomic E-state index is 0.0137. The first-order valence-corrected chi connectivity index (χ1v) is 7.78. The number of piperidine rings is 1. The van der Waals surface area contributed by atoms with Crippen molar-refractivity contribution in [3.63, 3.8) is 0 Å². The first-order valence-electron chi connectivity index (χ1n) is 6.87. The van der Waals surface area contributed by atoms with Gasteiger partial charge in [0.2, 0.25) is 0 Å². The smallest absolute Gasteiger partial charge is 0.263 e. The van der Waals surface area contributed by atoms with Crippen LogP contribution in [0.2, 0.25) is 5.02 Å². The molecule has 20 heavy (non-hydrogen) atoms. The monoisotopic (exact) mass is 315 g/mol. The van der Waals surface area contributed by atoms with Crippen molar-refractivity contribution < 1.29 is 9.53 Å². The zero-order chi connectivity index (χ0) is 14.5.